The maximum absolute atomic E-state index is 5.94. The second-order valence-electron chi connectivity index (χ2n) is 5.27. The van der Waals surface area contributed by atoms with E-state index in [0.717, 1.165) is 36.3 Å². The van der Waals surface area contributed by atoms with Gasteiger partial charge in [-0.05, 0) is 42.5 Å². The molecule has 0 aliphatic carbocycles. The quantitative estimate of drug-likeness (QED) is 0.741. The van der Waals surface area contributed by atoms with Crippen LogP contribution in [0, 0.1) is 0 Å². The SMILES string of the molecule is CC(C)NCc1cccc(Br)c1OCCCN(C)C. The fourth-order valence-electron chi connectivity index (χ4n) is 1.72. The van der Waals surface area contributed by atoms with Crippen LogP contribution in [0.25, 0.3) is 0 Å². The van der Waals surface area contributed by atoms with Crippen molar-refractivity contribution in [3.63, 3.8) is 0 Å². The largest absolute Gasteiger partial charge is 0.492 e. The minimum atomic E-state index is 0.473. The van der Waals surface area contributed by atoms with Crippen molar-refractivity contribution >= 4 is 15.9 Å². The Labute approximate surface area is 125 Å². The predicted octanol–water partition coefficient (Wildman–Crippen LogP) is 3.28. The first-order chi connectivity index (χ1) is 9.00. The maximum atomic E-state index is 5.94. The molecule has 108 valence electrons. The highest BCUT2D eigenvalue weighted by atomic mass is 79.9. The van der Waals surface area contributed by atoms with Gasteiger partial charge in [-0.1, -0.05) is 26.0 Å². The second-order valence-corrected chi connectivity index (χ2v) is 6.12. The summed E-state index contributed by atoms with van der Waals surface area (Å²) in [5.74, 6) is 0.967. The van der Waals surface area contributed by atoms with Crippen LogP contribution in [-0.2, 0) is 6.54 Å². The van der Waals surface area contributed by atoms with Crippen molar-refractivity contribution in [2.24, 2.45) is 0 Å². The van der Waals surface area contributed by atoms with E-state index in [2.05, 4.69) is 60.2 Å². The molecule has 0 radical (unpaired) electrons. The number of para-hydroxylation sites is 1. The fourth-order valence-corrected chi connectivity index (χ4v) is 2.25. The van der Waals surface area contributed by atoms with Crippen LogP contribution in [-0.4, -0.2) is 38.2 Å². The molecule has 1 aromatic carbocycles. The first kappa shape index (κ1) is 16.5. The average molecular weight is 329 g/mol. The Kier molecular flexibility index (Phi) is 7.42. The summed E-state index contributed by atoms with van der Waals surface area (Å²) in [5.41, 5.74) is 1.20. The molecule has 4 heteroatoms. The third-order valence-corrected chi connectivity index (χ3v) is 3.37. The van der Waals surface area contributed by atoms with E-state index >= 15 is 0 Å². The average Bonchev–Trinajstić information content (AvgIpc) is 2.33. The first-order valence-corrected chi connectivity index (χ1v) is 7.58. The number of hydrogen-bond acceptors (Lipinski definition) is 3. The Morgan fingerprint density at radius 2 is 2.05 bits per heavy atom. The normalized spacial score (nSPS) is 11.3. The van der Waals surface area contributed by atoms with Crippen molar-refractivity contribution in [1.82, 2.24) is 10.2 Å². The van der Waals surface area contributed by atoms with Gasteiger partial charge in [0, 0.05) is 24.7 Å². The summed E-state index contributed by atoms with van der Waals surface area (Å²) in [4.78, 5) is 2.17. The minimum absolute atomic E-state index is 0.473. The van der Waals surface area contributed by atoms with Crippen molar-refractivity contribution in [1.29, 1.82) is 0 Å². The topological polar surface area (TPSA) is 24.5 Å². The third kappa shape index (κ3) is 6.41. The van der Waals surface area contributed by atoms with Crippen LogP contribution in [0.1, 0.15) is 25.8 Å². The highest BCUT2D eigenvalue weighted by molar-refractivity contribution is 9.10. The van der Waals surface area contributed by atoms with E-state index in [0.29, 0.717) is 6.04 Å². The standard InChI is InChI=1S/C15H25BrN2O/c1-12(2)17-11-13-7-5-8-14(16)15(13)19-10-6-9-18(3)4/h5,7-8,12,17H,6,9-11H2,1-4H3. The van der Waals surface area contributed by atoms with Crippen molar-refractivity contribution in [3.05, 3.63) is 28.2 Å². The molecule has 0 atom stereocenters. The molecule has 19 heavy (non-hydrogen) atoms. The zero-order valence-electron chi connectivity index (χ0n) is 12.4. The van der Waals surface area contributed by atoms with Crippen LogP contribution < -0.4 is 10.1 Å². The van der Waals surface area contributed by atoms with Gasteiger partial charge in [0.1, 0.15) is 5.75 Å². The van der Waals surface area contributed by atoms with Crippen LogP contribution in [0.5, 0.6) is 5.75 Å². The smallest absolute Gasteiger partial charge is 0.137 e. The maximum Gasteiger partial charge on any atom is 0.137 e. The molecule has 0 aliphatic rings. The van der Waals surface area contributed by atoms with E-state index in [1.54, 1.807) is 0 Å². The lowest BCUT2D eigenvalue weighted by molar-refractivity contribution is 0.277. The van der Waals surface area contributed by atoms with E-state index in [9.17, 15) is 0 Å². The highest BCUT2D eigenvalue weighted by Gasteiger charge is 2.08. The molecule has 0 saturated carbocycles. The Balaban J connectivity index is 2.58. The first-order valence-electron chi connectivity index (χ1n) is 6.79. The summed E-state index contributed by atoms with van der Waals surface area (Å²) in [6, 6.07) is 6.66. The van der Waals surface area contributed by atoms with Gasteiger partial charge in [-0.3, -0.25) is 0 Å². The second kappa shape index (κ2) is 8.56. The number of ether oxygens (including phenoxy) is 1. The van der Waals surface area contributed by atoms with Gasteiger partial charge in [0.05, 0.1) is 11.1 Å². The molecule has 0 bridgehead atoms. The molecule has 0 amide bonds. The van der Waals surface area contributed by atoms with Gasteiger partial charge < -0.3 is 15.0 Å². The molecule has 0 saturated heterocycles. The van der Waals surface area contributed by atoms with Crippen LogP contribution >= 0.6 is 15.9 Å². The number of nitrogens with zero attached hydrogens (tertiary/aromatic N) is 1. The van der Waals surface area contributed by atoms with Gasteiger partial charge in [0.2, 0.25) is 0 Å². The Hall–Kier alpha value is -0.580. The summed E-state index contributed by atoms with van der Waals surface area (Å²) < 4.78 is 6.97. The van der Waals surface area contributed by atoms with Crippen LogP contribution in [0.15, 0.2) is 22.7 Å². The summed E-state index contributed by atoms with van der Waals surface area (Å²) in [7, 11) is 4.16. The van der Waals surface area contributed by atoms with Crippen LogP contribution in [0.2, 0.25) is 0 Å². The van der Waals surface area contributed by atoms with Gasteiger partial charge in [0.15, 0.2) is 0 Å². The fraction of sp³-hybridized carbons (Fsp3) is 0.600. The lowest BCUT2D eigenvalue weighted by Crippen LogP contribution is -2.22. The Bertz CT molecular complexity index is 380. The van der Waals surface area contributed by atoms with E-state index in [1.807, 2.05) is 12.1 Å². The predicted molar refractivity (Wildman–Crippen MR) is 84.8 cm³/mol. The number of nitrogens with one attached hydrogen (secondary N) is 1. The zero-order chi connectivity index (χ0) is 14.3. The summed E-state index contributed by atoms with van der Waals surface area (Å²) in [6.07, 6.45) is 1.03. The lowest BCUT2D eigenvalue weighted by Gasteiger charge is -2.16. The van der Waals surface area contributed by atoms with E-state index < -0.39 is 0 Å². The van der Waals surface area contributed by atoms with Crippen molar-refractivity contribution in [3.8, 4) is 5.75 Å². The molecular weight excluding hydrogens is 304 g/mol. The van der Waals surface area contributed by atoms with Gasteiger partial charge >= 0.3 is 0 Å². The lowest BCUT2D eigenvalue weighted by atomic mass is 10.2. The molecule has 3 nitrogen and oxygen atoms in total. The Morgan fingerprint density at radius 1 is 1.32 bits per heavy atom. The van der Waals surface area contributed by atoms with Crippen LogP contribution in [0.4, 0.5) is 0 Å². The molecular formula is C15H25BrN2O. The molecule has 1 aromatic rings. The van der Waals surface area contributed by atoms with Gasteiger partial charge in [0.25, 0.3) is 0 Å². The van der Waals surface area contributed by atoms with Crippen molar-refractivity contribution in [2.75, 3.05) is 27.2 Å². The molecule has 0 unspecified atom stereocenters. The molecule has 0 spiro atoms. The van der Waals surface area contributed by atoms with Gasteiger partial charge in [-0.2, -0.15) is 0 Å². The summed E-state index contributed by atoms with van der Waals surface area (Å²) in [6.45, 7) is 6.92. The monoisotopic (exact) mass is 328 g/mol. The molecule has 0 aliphatic heterocycles. The zero-order valence-corrected chi connectivity index (χ0v) is 14.0. The molecule has 1 rings (SSSR count). The van der Waals surface area contributed by atoms with E-state index in [4.69, 9.17) is 4.74 Å². The minimum Gasteiger partial charge on any atom is -0.492 e. The molecule has 1 N–H and O–H groups in total. The number of hydrogen-bond donors (Lipinski definition) is 1. The third-order valence-electron chi connectivity index (χ3n) is 2.75. The number of halogens is 1. The summed E-state index contributed by atoms with van der Waals surface area (Å²) >= 11 is 3.57. The van der Waals surface area contributed by atoms with Gasteiger partial charge in [-0.15, -0.1) is 0 Å². The van der Waals surface area contributed by atoms with Crippen molar-refractivity contribution < 1.29 is 4.74 Å². The van der Waals surface area contributed by atoms with E-state index in [-0.39, 0.29) is 0 Å². The molecule has 0 heterocycles. The number of rotatable bonds is 8. The molecule has 0 aromatic heterocycles. The number of benzene rings is 1. The van der Waals surface area contributed by atoms with Crippen molar-refractivity contribution in [2.45, 2.75) is 32.9 Å². The molecule has 0 fully saturated rings. The van der Waals surface area contributed by atoms with Gasteiger partial charge in [-0.25, -0.2) is 0 Å². The summed E-state index contributed by atoms with van der Waals surface area (Å²) in [5, 5.41) is 3.43. The highest BCUT2D eigenvalue weighted by Crippen LogP contribution is 2.29. The Morgan fingerprint density at radius 3 is 2.68 bits per heavy atom. The van der Waals surface area contributed by atoms with Crippen LogP contribution in [0.3, 0.4) is 0 Å². The van der Waals surface area contributed by atoms with E-state index in [1.165, 1.54) is 5.56 Å².